The molecule has 0 fully saturated rings. The van der Waals surface area contributed by atoms with Gasteiger partial charge >= 0.3 is 5.97 Å². The maximum absolute atomic E-state index is 12.3. The topological polar surface area (TPSA) is 84.2 Å². The van der Waals surface area contributed by atoms with Crippen LogP contribution in [0.1, 0.15) is 32.1 Å². The number of carboxylic acids is 1. The number of nitrogens with one attached hydrogen (secondary N) is 1. The Labute approximate surface area is 126 Å². The van der Waals surface area contributed by atoms with Crippen molar-refractivity contribution in [2.45, 2.75) is 13.8 Å². The van der Waals surface area contributed by atoms with Crippen molar-refractivity contribution in [2.75, 3.05) is 5.32 Å². The highest BCUT2D eigenvalue weighted by molar-refractivity contribution is 6.34. The third-order valence-corrected chi connectivity index (χ3v) is 3.53. The average Bonchev–Trinajstić information content (AvgIpc) is 2.65. The van der Waals surface area contributed by atoms with E-state index >= 15 is 0 Å². The van der Waals surface area contributed by atoms with Crippen molar-refractivity contribution < 1.29 is 14.7 Å². The number of carbonyl (C=O) groups is 2. The maximum Gasteiger partial charge on any atom is 0.335 e. The largest absolute Gasteiger partial charge is 0.478 e. The van der Waals surface area contributed by atoms with Crippen LogP contribution < -0.4 is 5.32 Å². The van der Waals surface area contributed by atoms with Gasteiger partial charge in [-0.15, -0.1) is 0 Å². The number of amides is 1. The molecule has 2 aromatic rings. The van der Waals surface area contributed by atoms with E-state index in [0.717, 1.165) is 5.69 Å². The Morgan fingerprint density at radius 3 is 2.52 bits per heavy atom. The summed E-state index contributed by atoms with van der Waals surface area (Å²) in [5.74, 6) is -1.46. The van der Waals surface area contributed by atoms with Gasteiger partial charge in [0.15, 0.2) is 0 Å². The van der Waals surface area contributed by atoms with Crippen molar-refractivity contribution in [1.82, 2.24) is 9.78 Å². The molecule has 0 unspecified atom stereocenters. The van der Waals surface area contributed by atoms with Gasteiger partial charge in [-0.2, -0.15) is 5.10 Å². The van der Waals surface area contributed by atoms with Gasteiger partial charge in [-0.3, -0.25) is 9.48 Å². The number of rotatable bonds is 3. The highest BCUT2D eigenvalue weighted by Crippen LogP contribution is 2.24. The summed E-state index contributed by atoms with van der Waals surface area (Å²) in [5, 5.41) is 16.0. The summed E-state index contributed by atoms with van der Waals surface area (Å²) in [5.41, 5.74) is 2.07. The quantitative estimate of drug-likeness (QED) is 0.913. The summed E-state index contributed by atoms with van der Waals surface area (Å²) < 4.78 is 1.61. The fourth-order valence-electron chi connectivity index (χ4n) is 2.04. The summed E-state index contributed by atoms with van der Waals surface area (Å²) in [6, 6.07) is 4.13. The van der Waals surface area contributed by atoms with Crippen molar-refractivity contribution >= 4 is 29.2 Å². The molecule has 1 amide bonds. The van der Waals surface area contributed by atoms with Crippen LogP contribution in [0.25, 0.3) is 0 Å². The van der Waals surface area contributed by atoms with E-state index in [2.05, 4.69) is 10.4 Å². The molecule has 0 radical (unpaired) electrons. The summed E-state index contributed by atoms with van der Waals surface area (Å²) in [6.45, 7) is 3.52. The summed E-state index contributed by atoms with van der Waals surface area (Å²) in [6.07, 6.45) is 0. The fourth-order valence-corrected chi connectivity index (χ4v) is 2.21. The van der Waals surface area contributed by atoms with E-state index in [1.165, 1.54) is 18.2 Å². The van der Waals surface area contributed by atoms with Gasteiger partial charge in [0.05, 0.1) is 27.5 Å². The molecule has 7 heteroatoms. The number of aryl methyl sites for hydroxylation is 2. The van der Waals surface area contributed by atoms with Gasteiger partial charge in [-0.05, 0) is 32.0 Å². The molecule has 1 heterocycles. The molecular weight excluding hydrogens is 294 g/mol. The van der Waals surface area contributed by atoms with Crippen molar-refractivity contribution in [3.63, 3.8) is 0 Å². The monoisotopic (exact) mass is 307 g/mol. The van der Waals surface area contributed by atoms with E-state index in [4.69, 9.17) is 16.7 Å². The van der Waals surface area contributed by atoms with Crippen molar-refractivity contribution in [3.8, 4) is 0 Å². The number of hydrogen-bond donors (Lipinski definition) is 2. The van der Waals surface area contributed by atoms with E-state index in [9.17, 15) is 9.59 Å². The fraction of sp³-hybridized carbons (Fsp3) is 0.214. The molecule has 1 aromatic heterocycles. The lowest BCUT2D eigenvalue weighted by atomic mass is 10.1. The lowest BCUT2D eigenvalue weighted by molar-refractivity contribution is 0.0696. The second-order valence-electron chi connectivity index (χ2n) is 4.62. The lowest BCUT2D eigenvalue weighted by Gasteiger charge is -2.08. The Kier molecular flexibility index (Phi) is 3.99. The lowest BCUT2D eigenvalue weighted by Crippen LogP contribution is -2.15. The number of halogens is 1. The first-order chi connectivity index (χ1) is 9.81. The predicted octanol–water partition coefficient (Wildman–Crippen LogP) is 2.64. The van der Waals surface area contributed by atoms with Gasteiger partial charge in [0.1, 0.15) is 0 Å². The Morgan fingerprint density at radius 2 is 2.00 bits per heavy atom. The number of carboxylic acid groups (broad SMARTS) is 1. The first-order valence-corrected chi connectivity index (χ1v) is 6.53. The summed E-state index contributed by atoms with van der Waals surface area (Å²) in [7, 11) is 1.75. The number of aromatic nitrogens is 2. The molecule has 2 rings (SSSR count). The molecular formula is C14H14ClN3O3. The van der Waals surface area contributed by atoms with E-state index < -0.39 is 5.97 Å². The number of nitrogens with zero attached hydrogens (tertiary/aromatic N) is 2. The van der Waals surface area contributed by atoms with Crippen LogP contribution in [-0.4, -0.2) is 26.8 Å². The Balaban J connectivity index is 2.35. The van der Waals surface area contributed by atoms with Gasteiger partial charge in [0, 0.05) is 12.7 Å². The van der Waals surface area contributed by atoms with Crippen LogP contribution in [0.3, 0.4) is 0 Å². The van der Waals surface area contributed by atoms with Gasteiger partial charge in [-0.1, -0.05) is 11.6 Å². The van der Waals surface area contributed by atoms with E-state index in [1.807, 2.05) is 0 Å². The molecule has 2 N–H and O–H groups in total. The minimum Gasteiger partial charge on any atom is -0.478 e. The molecule has 1 aromatic carbocycles. The normalized spacial score (nSPS) is 10.5. The molecule has 0 aliphatic heterocycles. The van der Waals surface area contributed by atoms with Gasteiger partial charge < -0.3 is 10.4 Å². The second-order valence-corrected chi connectivity index (χ2v) is 5.03. The second kappa shape index (κ2) is 5.57. The van der Waals surface area contributed by atoms with E-state index in [1.54, 1.807) is 25.6 Å². The molecule has 6 nitrogen and oxygen atoms in total. The molecule has 21 heavy (non-hydrogen) atoms. The molecule has 0 atom stereocenters. The average molecular weight is 308 g/mol. The van der Waals surface area contributed by atoms with Crippen LogP contribution in [0.15, 0.2) is 18.2 Å². The number of hydrogen-bond acceptors (Lipinski definition) is 3. The Hall–Kier alpha value is -2.34. The highest BCUT2D eigenvalue weighted by Gasteiger charge is 2.18. The zero-order chi connectivity index (χ0) is 15.7. The third kappa shape index (κ3) is 2.90. The van der Waals surface area contributed by atoms with Crippen LogP contribution in [0.2, 0.25) is 5.02 Å². The molecule has 0 bridgehead atoms. The first-order valence-electron chi connectivity index (χ1n) is 6.15. The smallest absolute Gasteiger partial charge is 0.335 e. The van der Waals surface area contributed by atoms with Crippen molar-refractivity contribution in [3.05, 3.63) is 45.7 Å². The van der Waals surface area contributed by atoms with Crippen LogP contribution >= 0.6 is 11.6 Å². The van der Waals surface area contributed by atoms with E-state index in [-0.39, 0.29) is 22.2 Å². The van der Waals surface area contributed by atoms with E-state index in [0.29, 0.717) is 11.3 Å². The standard InChI is InChI=1S/C14H14ClN3O3/c1-7-12(8(2)18(3)17-7)13(19)16-11-6-9(14(20)21)4-5-10(11)15/h4-6H,1-3H3,(H,16,19)(H,20,21). The number of aromatic carboxylic acids is 1. The van der Waals surface area contributed by atoms with Crippen LogP contribution in [0, 0.1) is 13.8 Å². The van der Waals surface area contributed by atoms with Crippen LogP contribution in [0.4, 0.5) is 5.69 Å². The Bertz CT molecular complexity index is 737. The maximum atomic E-state index is 12.3. The van der Waals surface area contributed by atoms with Gasteiger partial charge in [0.25, 0.3) is 5.91 Å². The van der Waals surface area contributed by atoms with Gasteiger partial charge in [-0.25, -0.2) is 4.79 Å². The minimum absolute atomic E-state index is 0.0503. The molecule has 110 valence electrons. The minimum atomic E-state index is -1.09. The number of carbonyl (C=O) groups excluding carboxylic acids is 1. The molecule has 0 saturated heterocycles. The number of benzene rings is 1. The van der Waals surface area contributed by atoms with Crippen molar-refractivity contribution in [2.24, 2.45) is 7.05 Å². The predicted molar refractivity (Wildman–Crippen MR) is 79.0 cm³/mol. The Morgan fingerprint density at radius 1 is 1.33 bits per heavy atom. The van der Waals surface area contributed by atoms with Crippen molar-refractivity contribution in [1.29, 1.82) is 0 Å². The SMILES string of the molecule is Cc1nn(C)c(C)c1C(=O)Nc1cc(C(=O)O)ccc1Cl. The summed E-state index contributed by atoms with van der Waals surface area (Å²) in [4.78, 5) is 23.3. The summed E-state index contributed by atoms with van der Waals surface area (Å²) >= 11 is 5.99. The zero-order valence-corrected chi connectivity index (χ0v) is 12.5. The molecule has 0 spiro atoms. The number of anilines is 1. The van der Waals surface area contributed by atoms with Crippen LogP contribution in [0.5, 0.6) is 0 Å². The third-order valence-electron chi connectivity index (χ3n) is 3.20. The first kappa shape index (κ1) is 15.1. The zero-order valence-electron chi connectivity index (χ0n) is 11.8. The van der Waals surface area contributed by atoms with Crippen LogP contribution in [-0.2, 0) is 7.05 Å². The molecule has 0 aliphatic carbocycles. The highest BCUT2D eigenvalue weighted by atomic mass is 35.5. The van der Waals surface area contributed by atoms with Gasteiger partial charge in [0.2, 0.25) is 0 Å². The molecule has 0 aliphatic rings. The molecule has 0 saturated carbocycles.